The van der Waals surface area contributed by atoms with Crippen LogP contribution in [0.4, 0.5) is 5.82 Å². The Labute approximate surface area is 161 Å². The van der Waals surface area contributed by atoms with Crippen LogP contribution in [-0.4, -0.2) is 48.9 Å². The van der Waals surface area contributed by atoms with Gasteiger partial charge in [0.15, 0.2) is 0 Å². The fourth-order valence-corrected chi connectivity index (χ4v) is 3.76. The SMILES string of the molecule is CNc1nc(OC2CCC(C)CC2)ccc1C(=N)C(=O)NC1CCNCC1. The first-order valence-electron chi connectivity index (χ1n) is 10.0. The van der Waals surface area contributed by atoms with E-state index in [1.165, 1.54) is 12.8 Å². The summed E-state index contributed by atoms with van der Waals surface area (Å²) in [5, 5.41) is 17.5. The predicted molar refractivity (Wildman–Crippen MR) is 107 cm³/mol. The Kier molecular flexibility index (Phi) is 6.66. The van der Waals surface area contributed by atoms with E-state index in [2.05, 4.69) is 27.9 Å². The standard InChI is InChI=1S/C20H31N5O2/c1-13-3-5-15(6-4-13)27-17-8-7-16(19(22-2)25-17)18(21)20(26)24-14-9-11-23-12-10-14/h7-8,13-15,21,23H,3-6,9-12H2,1-2H3,(H,22,25)(H,24,26). The van der Waals surface area contributed by atoms with E-state index < -0.39 is 0 Å². The van der Waals surface area contributed by atoms with Gasteiger partial charge in [0, 0.05) is 24.7 Å². The molecule has 1 aliphatic heterocycles. The number of anilines is 1. The van der Waals surface area contributed by atoms with E-state index in [0.29, 0.717) is 17.3 Å². The lowest BCUT2D eigenvalue weighted by molar-refractivity contribution is -0.115. The molecule has 1 aromatic rings. The second-order valence-corrected chi connectivity index (χ2v) is 7.67. The van der Waals surface area contributed by atoms with E-state index in [9.17, 15) is 4.79 Å². The van der Waals surface area contributed by atoms with Crippen LogP contribution in [0.25, 0.3) is 0 Å². The van der Waals surface area contributed by atoms with Gasteiger partial charge in [-0.2, -0.15) is 4.98 Å². The Morgan fingerprint density at radius 1 is 1.19 bits per heavy atom. The number of carbonyl (C=O) groups is 1. The van der Waals surface area contributed by atoms with Crippen molar-refractivity contribution in [2.24, 2.45) is 5.92 Å². The number of hydrogen-bond donors (Lipinski definition) is 4. The minimum absolute atomic E-state index is 0.0663. The van der Waals surface area contributed by atoms with Crippen LogP contribution >= 0.6 is 0 Å². The van der Waals surface area contributed by atoms with Gasteiger partial charge in [-0.15, -0.1) is 0 Å². The number of nitrogens with one attached hydrogen (secondary N) is 4. The van der Waals surface area contributed by atoms with Crippen LogP contribution in [0.2, 0.25) is 0 Å². The Balaban J connectivity index is 1.64. The number of piperidine rings is 1. The lowest BCUT2D eigenvalue weighted by atomic mass is 9.89. The summed E-state index contributed by atoms with van der Waals surface area (Å²) in [7, 11) is 1.75. The van der Waals surface area contributed by atoms with Crippen molar-refractivity contribution in [1.29, 1.82) is 5.41 Å². The van der Waals surface area contributed by atoms with Crippen molar-refractivity contribution in [3.05, 3.63) is 17.7 Å². The van der Waals surface area contributed by atoms with E-state index >= 15 is 0 Å². The summed E-state index contributed by atoms with van der Waals surface area (Å²) in [5.74, 6) is 1.47. The second-order valence-electron chi connectivity index (χ2n) is 7.67. The molecule has 2 heterocycles. The van der Waals surface area contributed by atoms with Gasteiger partial charge in [-0.1, -0.05) is 6.92 Å². The van der Waals surface area contributed by atoms with Crippen LogP contribution < -0.4 is 20.7 Å². The molecule has 7 nitrogen and oxygen atoms in total. The largest absolute Gasteiger partial charge is 0.474 e. The molecular formula is C20H31N5O2. The number of ether oxygens (including phenoxy) is 1. The second kappa shape index (κ2) is 9.17. The van der Waals surface area contributed by atoms with Crippen molar-refractivity contribution >= 4 is 17.4 Å². The summed E-state index contributed by atoms with van der Waals surface area (Å²) >= 11 is 0. The molecule has 0 spiro atoms. The van der Waals surface area contributed by atoms with Crippen molar-refractivity contribution in [3.63, 3.8) is 0 Å². The molecule has 0 unspecified atom stereocenters. The van der Waals surface area contributed by atoms with Crippen molar-refractivity contribution < 1.29 is 9.53 Å². The molecule has 0 bridgehead atoms. The summed E-state index contributed by atoms with van der Waals surface area (Å²) in [4.78, 5) is 17.0. The van der Waals surface area contributed by atoms with Crippen LogP contribution in [0.3, 0.4) is 0 Å². The van der Waals surface area contributed by atoms with Crippen LogP contribution in [0.1, 0.15) is 51.0 Å². The average molecular weight is 374 g/mol. The van der Waals surface area contributed by atoms with Gasteiger partial charge < -0.3 is 20.7 Å². The minimum atomic E-state index is -0.352. The molecule has 7 heteroatoms. The number of rotatable bonds is 6. The first-order chi connectivity index (χ1) is 13.1. The van der Waals surface area contributed by atoms with Crippen molar-refractivity contribution in [2.45, 2.75) is 57.6 Å². The smallest absolute Gasteiger partial charge is 0.270 e. The van der Waals surface area contributed by atoms with Crippen LogP contribution in [0, 0.1) is 11.3 Å². The highest BCUT2D eigenvalue weighted by Crippen LogP contribution is 2.27. The number of amides is 1. The summed E-state index contributed by atoms with van der Waals surface area (Å²) < 4.78 is 6.03. The molecule has 0 radical (unpaired) electrons. The summed E-state index contributed by atoms with van der Waals surface area (Å²) in [5.41, 5.74) is 0.428. The van der Waals surface area contributed by atoms with Gasteiger partial charge in [-0.05, 0) is 63.6 Å². The van der Waals surface area contributed by atoms with Gasteiger partial charge in [-0.3, -0.25) is 10.2 Å². The van der Waals surface area contributed by atoms with E-state index in [0.717, 1.165) is 44.7 Å². The van der Waals surface area contributed by atoms with Gasteiger partial charge in [0.05, 0.1) is 0 Å². The third-order valence-corrected chi connectivity index (χ3v) is 5.53. The Morgan fingerprint density at radius 2 is 1.89 bits per heavy atom. The van der Waals surface area contributed by atoms with Gasteiger partial charge >= 0.3 is 0 Å². The Bertz CT molecular complexity index is 664. The molecular weight excluding hydrogens is 342 g/mol. The molecule has 0 atom stereocenters. The Morgan fingerprint density at radius 3 is 2.56 bits per heavy atom. The lowest BCUT2D eigenvalue weighted by Gasteiger charge is -2.26. The first-order valence-corrected chi connectivity index (χ1v) is 10.0. The highest BCUT2D eigenvalue weighted by Gasteiger charge is 2.23. The maximum Gasteiger partial charge on any atom is 0.270 e. The lowest BCUT2D eigenvalue weighted by Crippen LogP contribution is -2.45. The highest BCUT2D eigenvalue weighted by molar-refractivity contribution is 6.45. The zero-order chi connectivity index (χ0) is 19.2. The fraction of sp³-hybridized carbons (Fsp3) is 0.650. The first kappa shape index (κ1) is 19.6. The predicted octanol–water partition coefficient (Wildman–Crippen LogP) is 2.32. The molecule has 1 saturated carbocycles. The van der Waals surface area contributed by atoms with Crippen LogP contribution in [0.15, 0.2) is 12.1 Å². The maximum atomic E-state index is 12.5. The van der Waals surface area contributed by atoms with E-state index in [1.807, 2.05) is 0 Å². The maximum absolute atomic E-state index is 12.5. The van der Waals surface area contributed by atoms with Gasteiger partial charge in [0.1, 0.15) is 17.6 Å². The molecule has 1 saturated heterocycles. The summed E-state index contributed by atoms with van der Waals surface area (Å²) in [6, 6.07) is 3.64. The minimum Gasteiger partial charge on any atom is -0.474 e. The third kappa shape index (κ3) is 5.19. The molecule has 2 fully saturated rings. The summed E-state index contributed by atoms with van der Waals surface area (Å²) in [6.45, 7) is 4.07. The molecule has 3 rings (SSSR count). The molecule has 27 heavy (non-hydrogen) atoms. The number of hydrogen-bond acceptors (Lipinski definition) is 6. The molecule has 1 aliphatic carbocycles. The van der Waals surface area contributed by atoms with E-state index in [4.69, 9.17) is 10.1 Å². The van der Waals surface area contributed by atoms with Crippen LogP contribution in [-0.2, 0) is 4.79 Å². The van der Waals surface area contributed by atoms with Crippen molar-refractivity contribution in [3.8, 4) is 5.88 Å². The van der Waals surface area contributed by atoms with Gasteiger partial charge in [0.2, 0.25) is 5.88 Å². The number of carbonyl (C=O) groups excluding carboxylic acids is 1. The van der Waals surface area contributed by atoms with Gasteiger partial charge in [-0.25, -0.2) is 0 Å². The highest BCUT2D eigenvalue weighted by atomic mass is 16.5. The zero-order valence-corrected chi connectivity index (χ0v) is 16.3. The average Bonchev–Trinajstić information content (AvgIpc) is 2.70. The zero-order valence-electron chi connectivity index (χ0n) is 16.3. The normalized spacial score (nSPS) is 23.5. The van der Waals surface area contributed by atoms with Gasteiger partial charge in [0.25, 0.3) is 5.91 Å². The summed E-state index contributed by atoms with van der Waals surface area (Å²) in [6.07, 6.45) is 6.45. The van der Waals surface area contributed by atoms with Crippen LogP contribution in [0.5, 0.6) is 5.88 Å². The monoisotopic (exact) mass is 373 g/mol. The number of aromatic nitrogens is 1. The van der Waals surface area contributed by atoms with E-state index in [1.54, 1.807) is 19.2 Å². The topological polar surface area (TPSA) is 99.1 Å². The number of nitrogens with zero attached hydrogens (tertiary/aromatic N) is 1. The molecule has 1 amide bonds. The Hall–Kier alpha value is -2.15. The molecule has 1 aromatic heterocycles. The van der Waals surface area contributed by atoms with Crippen molar-refractivity contribution in [1.82, 2.24) is 15.6 Å². The molecule has 148 valence electrons. The van der Waals surface area contributed by atoms with E-state index in [-0.39, 0.29) is 23.8 Å². The third-order valence-electron chi connectivity index (χ3n) is 5.53. The fourth-order valence-electron chi connectivity index (χ4n) is 3.76. The van der Waals surface area contributed by atoms with Crippen molar-refractivity contribution in [2.75, 3.05) is 25.5 Å². The molecule has 2 aliphatic rings. The molecule has 4 N–H and O–H groups in total. The quantitative estimate of drug-likeness (QED) is 0.574. The molecule has 0 aromatic carbocycles. The number of pyridine rings is 1.